The molecule has 5 nitrogen and oxygen atoms in total. The fourth-order valence-corrected chi connectivity index (χ4v) is 3.24. The van der Waals surface area contributed by atoms with Crippen LogP contribution in [0, 0.1) is 12.7 Å². The average Bonchev–Trinajstić information content (AvgIpc) is 3.10. The van der Waals surface area contributed by atoms with E-state index in [1.165, 1.54) is 23.5 Å². The zero-order valence-corrected chi connectivity index (χ0v) is 15.1. The van der Waals surface area contributed by atoms with Crippen LogP contribution < -0.4 is 15.2 Å². The largest absolute Gasteiger partial charge is 0.497 e. The number of aromatic nitrogens is 1. The summed E-state index contributed by atoms with van der Waals surface area (Å²) in [6.45, 7) is 1.81. The van der Waals surface area contributed by atoms with Gasteiger partial charge in [-0.15, -0.1) is 11.3 Å². The molecule has 3 rings (SSSR count). The normalized spacial score (nSPS) is 10.6. The highest BCUT2D eigenvalue weighted by Gasteiger charge is 2.16. The van der Waals surface area contributed by atoms with Gasteiger partial charge in [-0.3, -0.25) is 4.79 Å². The van der Waals surface area contributed by atoms with E-state index in [0.29, 0.717) is 11.3 Å². The minimum Gasteiger partial charge on any atom is -0.497 e. The summed E-state index contributed by atoms with van der Waals surface area (Å²) in [6, 6.07) is 10.3. The van der Waals surface area contributed by atoms with E-state index in [-0.39, 0.29) is 12.2 Å². The summed E-state index contributed by atoms with van der Waals surface area (Å²) < 4.78 is 24.6. The molecule has 0 aliphatic rings. The molecule has 0 bridgehead atoms. The Morgan fingerprint density at radius 3 is 2.62 bits per heavy atom. The summed E-state index contributed by atoms with van der Waals surface area (Å²) >= 11 is 1.46. The second-order valence-corrected chi connectivity index (χ2v) is 6.50. The Hall–Kier alpha value is -2.93. The lowest BCUT2D eigenvalue weighted by molar-refractivity contribution is 0.0995. The zero-order valence-electron chi connectivity index (χ0n) is 14.3. The smallest absolute Gasteiger partial charge is 0.252 e. The Kier molecular flexibility index (Phi) is 5.18. The van der Waals surface area contributed by atoms with Gasteiger partial charge in [-0.25, -0.2) is 9.37 Å². The molecule has 0 unspecified atom stereocenters. The highest BCUT2D eigenvalue weighted by molar-refractivity contribution is 7.09. The van der Waals surface area contributed by atoms with E-state index in [1.807, 2.05) is 29.6 Å². The first-order valence-electron chi connectivity index (χ1n) is 7.80. The standard InChI is InChI=1S/C19H17FN2O3S/c1-11-16(8-7-14(20)18(11)19(21)23)25-9-17-22-15(10-26-17)12-3-5-13(24-2)6-4-12/h3-8,10H,9H2,1-2H3,(H2,21,23). The van der Waals surface area contributed by atoms with Crippen LogP contribution in [0.15, 0.2) is 41.8 Å². The van der Waals surface area contributed by atoms with Crippen LogP contribution in [0.2, 0.25) is 0 Å². The predicted molar refractivity (Wildman–Crippen MR) is 98.1 cm³/mol. The number of rotatable bonds is 6. The monoisotopic (exact) mass is 372 g/mol. The van der Waals surface area contributed by atoms with Crippen LogP contribution in [0.25, 0.3) is 11.3 Å². The van der Waals surface area contributed by atoms with Gasteiger partial charge in [-0.2, -0.15) is 0 Å². The first-order chi connectivity index (χ1) is 12.5. The number of halogens is 1. The fraction of sp³-hybridized carbons (Fsp3) is 0.158. The second kappa shape index (κ2) is 7.53. The number of hydrogen-bond acceptors (Lipinski definition) is 5. The minimum atomic E-state index is -0.818. The molecule has 0 fully saturated rings. The molecule has 2 N–H and O–H groups in total. The molecule has 1 aromatic heterocycles. The van der Waals surface area contributed by atoms with Crippen LogP contribution >= 0.6 is 11.3 Å². The average molecular weight is 372 g/mol. The van der Waals surface area contributed by atoms with Gasteiger partial charge in [0.05, 0.1) is 18.4 Å². The van der Waals surface area contributed by atoms with Gasteiger partial charge < -0.3 is 15.2 Å². The van der Waals surface area contributed by atoms with Gasteiger partial charge in [0.25, 0.3) is 5.91 Å². The number of primary amides is 1. The maximum Gasteiger partial charge on any atom is 0.252 e. The molecule has 1 heterocycles. The number of ether oxygens (including phenoxy) is 2. The van der Waals surface area contributed by atoms with Crippen molar-refractivity contribution < 1.29 is 18.7 Å². The Morgan fingerprint density at radius 1 is 1.23 bits per heavy atom. The van der Waals surface area contributed by atoms with E-state index >= 15 is 0 Å². The lowest BCUT2D eigenvalue weighted by atomic mass is 10.1. The van der Waals surface area contributed by atoms with Gasteiger partial charge in [-0.1, -0.05) is 0 Å². The number of thiazole rings is 1. The maximum absolute atomic E-state index is 13.7. The number of benzene rings is 2. The first-order valence-corrected chi connectivity index (χ1v) is 8.68. The lowest BCUT2D eigenvalue weighted by Crippen LogP contribution is -2.15. The summed E-state index contributed by atoms with van der Waals surface area (Å²) in [5, 5.41) is 2.70. The number of nitrogens with two attached hydrogens (primary N) is 1. The van der Waals surface area contributed by atoms with Crippen molar-refractivity contribution in [3.05, 3.63) is 63.7 Å². The summed E-state index contributed by atoms with van der Waals surface area (Å²) in [7, 11) is 1.62. The van der Waals surface area contributed by atoms with Crippen molar-refractivity contribution in [2.75, 3.05) is 7.11 Å². The third-order valence-corrected chi connectivity index (χ3v) is 4.72. The maximum atomic E-state index is 13.7. The SMILES string of the molecule is COc1ccc(-c2csc(COc3ccc(F)c(C(N)=O)c3C)n2)cc1. The van der Waals surface area contributed by atoms with E-state index in [1.54, 1.807) is 14.0 Å². The van der Waals surface area contributed by atoms with Gasteiger partial charge >= 0.3 is 0 Å². The van der Waals surface area contributed by atoms with Gasteiger partial charge in [0.15, 0.2) is 0 Å². The third kappa shape index (κ3) is 3.67. The molecule has 0 saturated heterocycles. The molecule has 2 aromatic carbocycles. The summed E-state index contributed by atoms with van der Waals surface area (Å²) in [5.41, 5.74) is 7.27. The molecule has 0 aliphatic carbocycles. The first kappa shape index (κ1) is 17.9. The summed E-state index contributed by atoms with van der Waals surface area (Å²) in [4.78, 5) is 15.9. The molecule has 0 saturated carbocycles. The van der Waals surface area contributed by atoms with Crippen molar-refractivity contribution in [1.29, 1.82) is 0 Å². The third-order valence-electron chi connectivity index (χ3n) is 3.90. The van der Waals surface area contributed by atoms with Crippen LogP contribution in [0.3, 0.4) is 0 Å². The Balaban J connectivity index is 1.74. The van der Waals surface area contributed by atoms with Crippen LogP contribution in [-0.4, -0.2) is 18.0 Å². The molecule has 0 radical (unpaired) electrons. The molecule has 7 heteroatoms. The van der Waals surface area contributed by atoms with E-state index in [4.69, 9.17) is 15.2 Å². The van der Waals surface area contributed by atoms with Gasteiger partial charge in [0, 0.05) is 16.5 Å². The second-order valence-electron chi connectivity index (χ2n) is 5.55. The van der Waals surface area contributed by atoms with Crippen molar-refractivity contribution >= 4 is 17.2 Å². The van der Waals surface area contributed by atoms with Crippen molar-refractivity contribution in [2.45, 2.75) is 13.5 Å². The summed E-state index contributed by atoms with van der Waals surface area (Å²) in [5.74, 6) is -0.286. The molecule has 26 heavy (non-hydrogen) atoms. The van der Waals surface area contributed by atoms with Crippen LogP contribution in [0.4, 0.5) is 4.39 Å². The zero-order chi connectivity index (χ0) is 18.7. The van der Waals surface area contributed by atoms with Crippen molar-refractivity contribution in [2.24, 2.45) is 5.73 Å². The lowest BCUT2D eigenvalue weighted by Gasteiger charge is -2.11. The van der Waals surface area contributed by atoms with Gasteiger partial charge in [0.2, 0.25) is 0 Å². The molecule has 0 aliphatic heterocycles. The topological polar surface area (TPSA) is 74.4 Å². The van der Waals surface area contributed by atoms with E-state index in [9.17, 15) is 9.18 Å². The molecule has 0 spiro atoms. The fourth-order valence-electron chi connectivity index (χ4n) is 2.53. The number of carbonyl (C=O) groups is 1. The molecule has 3 aromatic rings. The molecule has 1 amide bonds. The Morgan fingerprint density at radius 2 is 1.96 bits per heavy atom. The van der Waals surface area contributed by atoms with Crippen LogP contribution in [-0.2, 0) is 6.61 Å². The quantitative estimate of drug-likeness (QED) is 0.711. The highest BCUT2D eigenvalue weighted by Crippen LogP contribution is 2.27. The number of carbonyl (C=O) groups excluding carboxylic acids is 1. The van der Waals surface area contributed by atoms with Crippen molar-refractivity contribution in [3.8, 4) is 22.8 Å². The minimum absolute atomic E-state index is 0.152. The molecule has 0 atom stereocenters. The van der Waals surface area contributed by atoms with E-state index in [2.05, 4.69) is 4.98 Å². The Bertz CT molecular complexity index is 938. The van der Waals surface area contributed by atoms with Gasteiger partial charge in [0.1, 0.15) is 28.9 Å². The predicted octanol–water partition coefficient (Wildman–Crippen LogP) is 3.94. The van der Waals surface area contributed by atoms with E-state index in [0.717, 1.165) is 22.0 Å². The molecular formula is C19H17FN2O3S. The molecular weight excluding hydrogens is 355 g/mol. The summed E-state index contributed by atoms with van der Waals surface area (Å²) in [6.07, 6.45) is 0. The van der Waals surface area contributed by atoms with Crippen LogP contribution in [0.5, 0.6) is 11.5 Å². The number of hydrogen-bond donors (Lipinski definition) is 1. The number of methoxy groups -OCH3 is 1. The molecule has 134 valence electrons. The Labute approximate surface area is 154 Å². The van der Waals surface area contributed by atoms with E-state index < -0.39 is 11.7 Å². The highest BCUT2D eigenvalue weighted by atomic mass is 32.1. The van der Waals surface area contributed by atoms with Gasteiger partial charge in [-0.05, 0) is 43.3 Å². The van der Waals surface area contributed by atoms with Crippen molar-refractivity contribution in [3.63, 3.8) is 0 Å². The van der Waals surface area contributed by atoms with Crippen molar-refractivity contribution in [1.82, 2.24) is 4.98 Å². The number of amides is 1. The number of nitrogens with zero attached hydrogens (tertiary/aromatic N) is 1. The van der Waals surface area contributed by atoms with Crippen LogP contribution in [0.1, 0.15) is 20.9 Å².